The zero-order chi connectivity index (χ0) is 10.6. The Bertz CT molecular complexity index is 294. The Balaban J connectivity index is 2.73. The number of hydrogen-bond donors (Lipinski definition) is 1. The van der Waals surface area contributed by atoms with Crippen LogP contribution in [-0.4, -0.2) is 21.3 Å². The lowest BCUT2D eigenvalue weighted by atomic mass is 10.3. The standard InChI is InChI=1S/C10H17N3S/c1-5-11-8-6-9(13-7-12-8)14-10(2,3)4/h6-7H,5H2,1-4H3,(H,11,12,13). The second-order valence-corrected chi connectivity index (χ2v) is 5.83. The molecule has 0 aromatic carbocycles. The summed E-state index contributed by atoms with van der Waals surface area (Å²) in [5, 5.41) is 4.19. The van der Waals surface area contributed by atoms with Gasteiger partial charge in [0.1, 0.15) is 17.2 Å². The Morgan fingerprint density at radius 3 is 2.64 bits per heavy atom. The minimum atomic E-state index is 0.192. The summed E-state index contributed by atoms with van der Waals surface area (Å²) in [5.41, 5.74) is 0. The molecule has 0 saturated heterocycles. The topological polar surface area (TPSA) is 37.8 Å². The van der Waals surface area contributed by atoms with E-state index in [0.717, 1.165) is 17.4 Å². The number of thioether (sulfide) groups is 1. The first-order valence-corrected chi connectivity index (χ1v) is 5.58. The molecule has 4 heteroatoms. The van der Waals surface area contributed by atoms with Gasteiger partial charge >= 0.3 is 0 Å². The fourth-order valence-electron chi connectivity index (χ4n) is 0.987. The van der Waals surface area contributed by atoms with E-state index in [1.54, 1.807) is 18.1 Å². The first-order valence-electron chi connectivity index (χ1n) is 4.76. The second kappa shape index (κ2) is 4.64. The molecule has 1 aromatic rings. The Morgan fingerprint density at radius 1 is 1.36 bits per heavy atom. The van der Waals surface area contributed by atoms with Crippen molar-refractivity contribution in [2.24, 2.45) is 0 Å². The Kier molecular flexibility index (Phi) is 3.75. The Morgan fingerprint density at radius 2 is 2.07 bits per heavy atom. The number of rotatable bonds is 3. The van der Waals surface area contributed by atoms with E-state index in [0.29, 0.717) is 0 Å². The summed E-state index contributed by atoms with van der Waals surface area (Å²) >= 11 is 1.75. The van der Waals surface area contributed by atoms with E-state index in [-0.39, 0.29) is 4.75 Å². The highest BCUT2D eigenvalue weighted by molar-refractivity contribution is 8.00. The van der Waals surface area contributed by atoms with Crippen LogP contribution in [-0.2, 0) is 0 Å². The molecule has 0 amide bonds. The molecule has 0 spiro atoms. The number of aromatic nitrogens is 2. The van der Waals surface area contributed by atoms with Crippen LogP contribution in [0.1, 0.15) is 27.7 Å². The van der Waals surface area contributed by atoms with Crippen LogP contribution in [0.5, 0.6) is 0 Å². The van der Waals surface area contributed by atoms with Gasteiger partial charge in [-0.05, 0) is 6.92 Å². The first-order chi connectivity index (χ1) is 6.51. The molecule has 0 radical (unpaired) electrons. The van der Waals surface area contributed by atoms with Crippen LogP contribution in [0.4, 0.5) is 5.82 Å². The van der Waals surface area contributed by atoms with E-state index in [4.69, 9.17) is 0 Å². The molecule has 0 fully saturated rings. The van der Waals surface area contributed by atoms with Crippen LogP contribution in [0.2, 0.25) is 0 Å². The first kappa shape index (κ1) is 11.3. The highest BCUT2D eigenvalue weighted by Crippen LogP contribution is 2.30. The predicted octanol–water partition coefficient (Wildman–Crippen LogP) is 2.80. The van der Waals surface area contributed by atoms with Crippen molar-refractivity contribution in [2.45, 2.75) is 37.5 Å². The Hall–Kier alpha value is -0.770. The number of nitrogens with zero attached hydrogens (tertiary/aromatic N) is 2. The van der Waals surface area contributed by atoms with Crippen molar-refractivity contribution in [2.75, 3.05) is 11.9 Å². The molecule has 0 unspecified atom stereocenters. The normalized spacial score (nSPS) is 11.4. The maximum absolute atomic E-state index is 4.22. The van der Waals surface area contributed by atoms with Gasteiger partial charge in [-0.3, -0.25) is 0 Å². The molecule has 0 bridgehead atoms. The second-order valence-electron chi connectivity index (χ2n) is 3.99. The molecule has 78 valence electrons. The molecule has 1 rings (SSSR count). The van der Waals surface area contributed by atoms with E-state index in [1.807, 2.05) is 6.07 Å². The molecule has 0 saturated carbocycles. The van der Waals surface area contributed by atoms with E-state index >= 15 is 0 Å². The van der Waals surface area contributed by atoms with Crippen molar-refractivity contribution in [3.05, 3.63) is 12.4 Å². The molecule has 0 aliphatic heterocycles. The quantitative estimate of drug-likeness (QED) is 0.616. The lowest BCUT2D eigenvalue weighted by molar-refractivity contribution is 0.798. The smallest absolute Gasteiger partial charge is 0.130 e. The summed E-state index contributed by atoms with van der Waals surface area (Å²) in [6, 6.07) is 1.99. The van der Waals surface area contributed by atoms with Crippen LogP contribution in [0.25, 0.3) is 0 Å². The van der Waals surface area contributed by atoms with E-state index in [1.165, 1.54) is 0 Å². The molecular weight excluding hydrogens is 194 g/mol. The summed E-state index contributed by atoms with van der Waals surface area (Å²) in [6.45, 7) is 9.46. The minimum absolute atomic E-state index is 0.192. The van der Waals surface area contributed by atoms with E-state index in [2.05, 4.69) is 43.0 Å². The highest BCUT2D eigenvalue weighted by atomic mass is 32.2. The molecular formula is C10H17N3S. The van der Waals surface area contributed by atoms with Crippen LogP contribution >= 0.6 is 11.8 Å². The van der Waals surface area contributed by atoms with Gasteiger partial charge in [0, 0.05) is 17.4 Å². The van der Waals surface area contributed by atoms with Crippen molar-refractivity contribution in [3.63, 3.8) is 0 Å². The monoisotopic (exact) mass is 211 g/mol. The van der Waals surface area contributed by atoms with Crippen molar-refractivity contribution in [3.8, 4) is 0 Å². The summed E-state index contributed by atoms with van der Waals surface area (Å²) in [7, 11) is 0. The highest BCUT2D eigenvalue weighted by Gasteiger charge is 2.13. The largest absolute Gasteiger partial charge is 0.370 e. The fraction of sp³-hybridized carbons (Fsp3) is 0.600. The maximum Gasteiger partial charge on any atom is 0.130 e. The third kappa shape index (κ3) is 3.96. The van der Waals surface area contributed by atoms with Gasteiger partial charge in [0.05, 0.1) is 0 Å². The molecule has 0 aliphatic rings. The summed E-state index contributed by atoms with van der Waals surface area (Å²) < 4.78 is 0.192. The molecule has 0 aliphatic carbocycles. The van der Waals surface area contributed by atoms with E-state index < -0.39 is 0 Å². The van der Waals surface area contributed by atoms with Gasteiger partial charge in [-0.15, -0.1) is 11.8 Å². The molecule has 14 heavy (non-hydrogen) atoms. The van der Waals surface area contributed by atoms with Crippen molar-refractivity contribution >= 4 is 17.6 Å². The summed E-state index contributed by atoms with van der Waals surface area (Å²) in [5.74, 6) is 0.897. The average Bonchev–Trinajstić information content (AvgIpc) is 2.02. The van der Waals surface area contributed by atoms with Crippen LogP contribution in [0.15, 0.2) is 17.4 Å². The van der Waals surface area contributed by atoms with Gasteiger partial charge in [0.25, 0.3) is 0 Å². The summed E-state index contributed by atoms with van der Waals surface area (Å²) in [6.07, 6.45) is 1.60. The number of hydrogen-bond acceptors (Lipinski definition) is 4. The predicted molar refractivity (Wildman–Crippen MR) is 61.8 cm³/mol. The van der Waals surface area contributed by atoms with Gasteiger partial charge in [0.2, 0.25) is 0 Å². The molecule has 0 atom stereocenters. The zero-order valence-corrected chi connectivity index (χ0v) is 9.98. The molecule has 1 heterocycles. The maximum atomic E-state index is 4.22. The van der Waals surface area contributed by atoms with Gasteiger partial charge < -0.3 is 5.32 Å². The van der Waals surface area contributed by atoms with Crippen LogP contribution in [0, 0.1) is 0 Å². The van der Waals surface area contributed by atoms with Gasteiger partial charge in [-0.2, -0.15) is 0 Å². The zero-order valence-electron chi connectivity index (χ0n) is 9.16. The van der Waals surface area contributed by atoms with Gasteiger partial charge in [-0.25, -0.2) is 9.97 Å². The molecule has 1 N–H and O–H groups in total. The van der Waals surface area contributed by atoms with Crippen molar-refractivity contribution in [1.29, 1.82) is 0 Å². The lowest BCUT2D eigenvalue weighted by Crippen LogP contribution is -2.08. The third-order valence-electron chi connectivity index (χ3n) is 1.41. The van der Waals surface area contributed by atoms with Crippen molar-refractivity contribution in [1.82, 2.24) is 9.97 Å². The van der Waals surface area contributed by atoms with Gasteiger partial charge in [0.15, 0.2) is 0 Å². The SMILES string of the molecule is CCNc1cc(SC(C)(C)C)ncn1. The number of anilines is 1. The number of nitrogens with one attached hydrogen (secondary N) is 1. The average molecular weight is 211 g/mol. The van der Waals surface area contributed by atoms with Crippen LogP contribution in [0.3, 0.4) is 0 Å². The van der Waals surface area contributed by atoms with E-state index in [9.17, 15) is 0 Å². The summed E-state index contributed by atoms with van der Waals surface area (Å²) in [4.78, 5) is 8.34. The van der Waals surface area contributed by atoms with Crippen molar-refractivity contribution < 1.29 is 0 Å². The lowest BCUT2D eigenvalue weighted by Gasteiger charge is -2.16. The molecule has 3 nitrogen and oxygen atoms in total. The Labute approximate surface area is 89.7 Å². The fourth-order valence-corrected chi connectivity index (χ4v) is 1.88. The third-order valence-corrected chi connectivity index (χ3v) is 2.46. The van der Waals surface area contributed by atoms with Crippen LogP contribution < -0.4 is 5.32 Å². The molecule has 1 aromatic heterocycles. The van der Waals surface area contributed by atoms with Gasteiger partial charge in [-0.1, -0.05) is 20.8 Å². The minimum Gasteiger partial charge on any atom is -0.370 e.